The molecule has 0 bridgehead atoms. The van der Waals surface area contributed by atoms with Gasteiger partial charge >= 0.3 is 0 Å². The maximum Gasteiger partial charge on any atom is 0.186 e. The van der Waals surface area contributed by atoms with Crippen LogP contribution in [-0.2, 0) is 9.59 Å². The molecule has 1 aliphatic rings. The molecule has 0 saturated heterocycles. The number of alkyl halides is 1. The van der Waals surface area contributed by atoms with Crippen LogP contribution in [0.25, 0.3) is 5.57 Å². The Kier molecular flexibility index (Phi) is 4.33. The molecule has 0 aliphatic heterocycles. The maximum absolute atomic E-state index is 11.4. The van der Waals surface area contributed by atoms with Crippen molar-refractivity contribution in [1.82, 2.24) is 0 Å². The van der Waals surface area contributed by atoms with Crippen LogP contribution in [0.1, 0.15) is 5.56 Å². The lowest BCUT2D eigenvalue weighted by atomic mass is 9.97. The zero-order valence-electron chi connectivity index (χ0n) is 8.81. The van der Waals surface area contributed by atoms with E-state index in [1.807, 2.05) is 30.3 Å². The van der Waals surface area contributed by atoms with E-state index in [2.05, 4.69) is 0 Å². The summed E-state index contributed by atoms with van der Waals surface area (Å²) >= 11 is 0. The van der Waals surface area contributed by atoms with E-state index in [1.54, 1.807) is 0 Å². The molecule has 0 aromatic heterocycles. The predicted molar refractivity (Wildman–Crippen MR) is 60.6 cm³/mol. The van der Waals surface area contributed by atoms with E-state index in [0.29, 0.717) is 12.8 Å². The van der Waals surface area contributed by atoms with Crippen LogP contribution in [0, 0.1) is 0 Å². The molecule has 0 fully saturated rings. The van der Waals surface area contributed by atoms with Crippen LogP contribution in [-0.4, -0.2) is 18.7 Å². The standard InChI is InChI=1S/C12H8O2.CH3F/c13-10-6-7-12(14)11(8-10)9-4-2-1-3-5-9;1-2/h1-8H;1H3. The average molecular weight is 218 g/mol. The molecule has 0 spiro atoms. The minimum absolute atomic E-state index is 0.115. The fraction of sp³-hybridized carbons (Fsp3) is 0.0769. The Balaban J connectivity index is 0.000000606. The van der Waals surface area contributed by atoms with E-state index >= 15 is 0 Å². The molecule has 0 N–H and O–H groups in total. The van der Waals surface area contributed by atoms with Gasteiger partial charge in [-0.05, 0) is 23.8 Å². The molecule has 1 aliphatic carbocycles. The summed E-state index contributed by atoms with van der Waals surface area (Å²) in [5.41, 5.74) is 1.26. The lowest BCUT2D eigenvalue weighted by Crippen LogP contribution is -2.06. The second-order valence-electron chi connectivity index (χ2n) is 3.02. The second-order valence-corrected chi connectivity index (χ2v) is 3.02. The number of carbonyl (C=O) groups excluding carboxylic acids is 2. The third-order valence-corrected chi connectivity index (χ3v) is 2.04. The number of hydrogen-bond donors (Lipinski definition) is 0. The molecule has 3 heteroatoms. The fourth-order valence-corrected chi connectivity index (χ4v) is 1.35. The molecule has 16 heavy (non-hydrogen) atoms. The van der Waals surface area contributed by atoms with Crippen molar-refractivity contribution in [3.05, 3.63) is 54.1 Å². The first-order valence-corrected chi connectivity index (χ1v) is 4.68. The summed E-state index contributed by atoms with van der Waals surface area (Å²) in [5, 5.41) is 0. The molecule has 2 rings (SSSR count). The molecule has 1 aromatic rings. The summed E-state index contributed by atoms with van der Waals surface area (Å²) < 4.78 is 9.50. The number of allylic oxidation sites excluding steroid dienone is 4. The van der Waals surface area contributed by atoms with Gasteiger partial charge in [-0.15, -0.1) is 0 Å². The first-order chi connectivity index (χ1) is 7.77. The molecule has 2 nitrogen and oxygen atoms in total. The molecule has 0 atom stereocenters. The molecule has 0 radical (unpaired) electrons. The summed E-state index contributed by atoms with van der Waals surface area (Å²) in [6.07, 6.45) is 3.97. The highest BCUT2D eigenvalue weighted by molar-refractivity contribution is 6.33. The van der Waals surface area contributed by atoms with E-state index in [4.69, 9.17) is 0 Å². The number of benzene rings is 1. The molecule has 0 saturated carbocycles. The van der Waals surface area contributed by atoms with Gasteiger partial charge < -0.3 is 0 Å². The van der Waals surface area contributed by atoms with E-state index in [1.165, 1.54) is 18.2 Å². The third-order valence-electron chi connectivity index (χ3n) is 2.04. The third kappa shape index (κ3) is 2.73. The van der Waals surface area contributed by atoms with Crippen LogP contribution in [0.3, 0.4) is 0 Å². The number of rotatable bonds is 1. The molecule has 0 unspecified atom stereocenters. The zero-order valence-corrected chi connectivity index (χ0v) is 8.81. The minimum Gasteiger partial charge on any atom is -0.290 e. The van der Waals surface area contributed by atoms with Crippen molar-refractivity contribution in [2.45, 2.75) is 0 Å². The minimum atomic E-state index is -0.136. The van der Waals surface area contributed by atoms with Gasteiger partial charge in [0.15, 0.2) is 11.6 Å². The van der Waals surface area contributed by atoms with Crippen LogP contribution < -0.4 is 0 Å². The first kappa shape index (κ1) is 12.0. The number of halogens is 1. The smallest absolute Gasteiger partial charge is 0.186 e. The van der Waals surface area contributed by atoms with Crippen molar-refractivity contribution < 1.29 is 14.0 Å². The lowest BCUT2D eigenvalue weighted by Gasteiger charge is -2.05. The fourth-order valence-electron chi connectivity index (χ4n) is 1.35. The van der Waals surface area contributed by atoms with Crippen molar-refractivity contribution in [2.24, 2.45) is 0 Å². The zero-order chi connectivity index (χ0) is 12.0. The van der Waals surface area contributed by atoms with Crippen molar-refractivity contribution in [3.63, 3.8) is 0 Å². The van der Waals surface area contributed by atoms with Gasteiger partial charge in [0.25, 0.3) is 0 Å². The van der Waals surface area contributed by atoms with Gasteiger partial charge in [-0.2, -0.15) is 0 Å². The van der Waals surface area contributed by atoms with Gasteiger partial charge in [0.2, 0.25) is 0 Å². The topological polar surface area (TPSA) is 34.1 Å². The van der Waals surface area contributed by atoms with Gasteiger partial charge in [-0.1, -0.05) is 30.3 Å². The number of hydrogen-bond acceptors (Lipinski definition) is 2. The lowest BCUT2D eigenvalue weighted by molar-refractivity contribution is -0.113. The molecule has 1 aromatic carbocycles. The molecular weight excluding hydrogens is 207 g/mol. The van der Waals surface area contributed by atoms with Crippen LogP contribution in [0.2, 0.25) is 0 Å². The van der Waals surface area contributed by atoms with E-state index in [0.717, 1.165) is 5.56 Å². The average Bonchev–Trinajstić information content (AvgIpc) is 2.36. The Morgan fingerprint density at radius 1 is 0.938 bits per heavy atom. The second kappa shape index (κ2) is 5.75. The number of carbonyl (C=O) groups is 2. The molecular formula is C13H11FO2. The highest BCUT2D eigenvalue weighted by Gasteiger charge is 2.14. The number of ketones is 2. The summed E-state index contributed by atoms with van der Waals surface area (Å²) in [6.45, 7) is 0. The summed E-state index contributed by atoms with van der Waals surface area (Å²) in [7, 11) is 0.500. The quantitative estimate of drug-likeness (QED) is 0.678. The Bertz CT molecular complexity index is 444. The van der Waals surface area contributed by atoms with Crippen molar-refractivity contribution >= 4 is 17.1 Å². The van der Waals surface area contributed by atoms with E-state index in [-0.39, 0.29) is 11.6 Å². The summed E-state index contributed by atoms with van der Waals surface area (Å²) in [5.74, 6) is -0.251. The Morgan fingerprint density at radius 3 is 2.19 bits per heavy atom. The van der Waals surface area contributed by atoms with Gasteiger partial charge in [0, 0.05) is 5.57 Å². The maximum atomic E-state index is 11.4. The van der Waals surface area contributed by atoms with Crippen LogP contribution in [0.15, 0.2) is 48.6 Å². The Labute approximate surface area is 93.1 Å². The van der Waals surface area contributed by atoms with Crippen LogP contribution >= 0.6 is 0 Å². The first-order valence-electron chi connectivity index (χ1n) is 4.68. The van der Waals surface area contributed by atoms with Crippen molar-refractivity contribution in [1.29, 1.82) is 0 Å². The van der Waals surface area contributed by atoms with Crippen molar-refractivity contribution in [2.75, 3.05) is 7.18 Å². The van der Waals surface area contributed by atoms with Crippen LogP contribution in [0.4, 0.5) is 4.39 Å². The molecule has 0 heterocycles. The predicted octanol–water partition coefficient (Wildman–Crippen LogP) is 2.36. The normalized spacial score (nSPS) is 14.0. The highest BCUT2D eigenvalue weighted by atomic mass is 19.1. The molecule has 0 amide bonds. The summed E-state index contributed by atoms with van der Waals surface area (Å²) in [6, 6.07) is 9.18. The van der Waals surface area contributed by atoms with E-state index < -0.39 is 0 Å². The van der Waals surface area contributed by atoms with Gasteiger partial charge in [0.05, 0.1) is 7.18 Å². The van der Waals surface area contributed by atoms with Crippen LogP contribution in [0.5, 0.6) is 0 Å². The summed E-state index contributed by atoms with van der Waals surface area (Å²) in [4.78, 5) is 22.5. The Hall–Kier alpha value is -2.03. The van der Waals surface area contributed by atoms with Gasteiger partial charge in [-0.25, -0.2) is 0 Å². The SMILES string of the molecule is CF.O=C1C=CC(=O)C(c2ccccc2)=C1. The van der Waals surface area contributed by atoms with Gasteiger partial charge in [-0.3, -0.25) is 14.0 Å². The highest BCUT2D eigenvalue weighted by Crippen LogP contribution is 2.18. The Morgan fingerprint density at radius 2 is 1.56 bits per heavy atom. The van der Waals surface area contributed by atoms with Crippen molar-refractivity contribution in [3.8, 4) is 0 Å². The van der Waals surface area contributed by atoms with E-state index in [9.17, 15) is 14.0 Å². The monoisotopic (exact) mass is 218 g/mol. The molecule has 82 valence electrons. The largest absolute Gasteiger partial charge is 0.290 e. The van der Waals surface area contributed by atoms with Gasteiger partial charge in [0.1, 0.15) is 0 Å².